The third-order valence-corrected chi connectivity index (χ3v) is 6.81. The highest BCUT2D eigenvalue weighted by molar-refractivity contribution is 7.99. The zero-order valence-corrected chi connectivity index (χ0v) is 20.0. The molecule has 1 aromatic heterocycles. The number of benzene rings is 2. The molecule has 2 aromatic carbocycles. The lowest BCUT2D eigenvalue weighted by Crippen LogP contribution is -2.40. The molecule has 1 aliphatic heterocycles. The highest BCUT2D eigenvalue weighted by Crippen LogP contribution is 2.29. The molecule has 0 radical (unpaired) electrons. The molecule has 2 amide bonds. The van der Waals surface area contributed by atoms with E-state index in [0.717, 1.165) is 29.3 Å². The Hall–Kier alpha value is -3.16. The SMILES string of the molecule is O=C(CN1CCCN(C(=O)c2cccnc2Sc2ccccc2)CC1)NCCc1ccccc1. The summed E-state index contributed by atoms with van der Waals surface area (Å²) >= 11 is 1.50. The molecule has 0 aliphatic carbocycles. The molecule has 6 nitrogen and oxygen atoms in total. The van der Waals surface area contributed by atoms with Gasteiger partial charge in [-0.15, -0.1) is 0 Å². The molecular weight excluding hydrogens is 444 g/mol. The molecule has 1 N–H and O–H groups in total. The van der Waals surface area contributed by atoms with Crippen LogP contribution in [-0.2, 0) is 11.2 Å². The van der Waals surface area contributed by atoms with Crippen LogP contribution in [0.3, 0.4) is 0 Å². The number of hydrogen-bond donors (Lipinski definition) is 1. The van der Waals surface area contributed by atoms with Crippen LogP contribution in [0.25, 0.3) is 0 Å². The lowest BCUT2D eigenvalue weighted by molar-refractivity contribution is -0.122. The topological polar surface area (TPSA) is 65.5 Å². The first-order valence-corrected chi connectivity index (χ1v) is 12.5. The van der Waals surface area contributed by atoms with Crippen molar-refractivity contribution in [3.63, 3.8) is 0 Å². The molecule has 34 heavy (non-hydrogen) atoms. The van der Waals surface area contributed by atoms with Crippen LogP contribution in [0.15, 0.2) is 88.9 Å². The van der Waals surface area contributed by atoms with Crippen molar-refractivity contribution in [1.82, 2.24) is 20.1 Å². The van der Waals surface area contributed by atoms with Gasteiger partial charge < -0.3 is 10.2 Å². The summed E-state index contributed by atoms with van der Waals surface area (Å²) in [7, 11) is 0. The summed E-state index contributed by atoms with van der Waals surface area (Å²) in [6, 6.07) is 23.8. The average molecular weight is 475 g/mol. The Morgan fingerprint density at radius 2 is 1.65 bits per heavy atom. The van der Waals surface area contributed by atoms with Gasteiger partial charge in [-0.2, -0.15) is 0 Å². The fraction of sp³-hybridized carbons (Fsp3) is 0.296. The summed E-state index contributed by atoms with van der Waals surface area (Å²) in [5, 5.41) is 3.74. The van der Waals surface area contributed by atoms with Crippen LogP contribution in [0, 0.1) is 0 Å². The van der Waals surface area contributed by atoms with E-state index in [2.05, 4.69) is 27.3 Å². The summed E-state index contributed by atoms with van der Waals surface area (Å²) in [6.07, 6.45) is 3.39. The normalized spacial score (nSPS) is 14.4. The van der Waals surface area contributed by atoms with E-state index in [9.17, 15) is 9.59 Å². The standard InChI is InChI=1S/C27H30N4O2S/c32-25(28-16-14-22-9-3-1-4-10-22)21-30-17-8-18-31(20-19-30)27(33)24-13-7-15-29-26(24)34-23-11-5-2-6-12-23/h1-7,9-13,15H,8,14,16-21H2,(H,28,32). The van der Waals surface area contributed by atoms with Crippen LogP contribution < -0.4 is 5.32 Å². The molecule has 0 bridgehead atoms. The number of amides is 2. The minimum Gasteiger partial charge on any atom is -0.355 e. The van der Waals surface area contributed by atoms with Gasteiger partial charge in [0.25, 0.3) is 5.91 Å². The van der Waals surface area contributed by atoms with Crippen LogP contribution in [0.1, 0.15) is 22.3 Å². The Kier molecular flexibility index (Phi) is 8.71. The second-order valence-electron chi connectivity index (χ2n) is 8.28. The molecular formula is C27H30N4O2S. The van der Waals surface area contributed by atoms with Crippen molar-refractivity contribution in [2.75, 3.05) is 39.3 Å². The first-order chi connectivity index (χ1) is 16.7. The second kappa shape index (κ2) is 12.3. The summed E-state index contributed by atoms with van der Waals surface area (Å²) in [5.74, 6) is 0.0326. The van der Waals surface area contributed by atoms with Crippen LogP contribution in [-0.4, -0.2) is 65.9 Å². The number of nitrogens with one attached hydrogen (secondary N) is 1. The maximum absolute atomic E-state index is 13.3. The number of hydrogen-bond acceptors (Lipinski definition) is 5. The van der Waals surface area contributed by atoms with E-state index in [1.165, 1.54) is 17.3 Å². The fourth-order valence-electron chi connectivity index (χ4n) is 3.99. The van der Waals surface area contributed by atoms with E-state index in [0.29, 0.717) is 38.3 Å². The minimum atomic E-state index is 0.000642. The molecule has 0 atom stereocenters. The van der Waals surface area contributed by atoms with E-state index < -0.39 is 0 Å². The molecule has 1 saturated heterocycles. The predicted octanol–water partition coefficient (Wildman–Crippen LogP) is 3.74. The molecule has 0 saturated carbocycles. The molecule has 0 spiro atoms. The molecule has 0 unspecified atom stereocenters. The summed E-state index contributed by atoms with van der Waals surface area (Å²) in [5.41, 5.74) is 1.84. The van der Waals surface area contributed by atoms with E-state index in [1.807, 2.05) is 65.6 Å². The van der Waals surface area contributed by atoms with Gasteiger partial charge in [0.05, 0.1) is 12.1 Å². The van der Waals surface area contributed by atoms with Crippen molar-refractivity contribution < 1.29 is 9.59 Å². The van der Waals surface area contributed by atoms with Crippen LogP contribution in [0.4, 0.5) is 0 Å². The Balaban J connectivity index is 1.28. The van der Waals surface area contributed by atoms with Crippen molar-refractivity contribution in [3.8, 4) is 0 Å². The zero-order chi connectivity index (χ0) is 23.6. The number of aromatic nitrogens is 1. The predicted molar refractivity (Wildman–Crippen MR) is 135 cm³/mol. The van der Waals surface area contributed by atoms with Gasteiger partial charge >= 0.3 is 0 Å². The number of carbonyl (C=O) groups is 2. The van der Waals surface area contributed by atoms with Crippen LogP contribution >= 0.6 is 11.8 Å². The van der Waals surface area contributed by atoms with Crippen LogP contribution in [0.2, 0.25) is 0 Å². The Bertz CT molecular complexity index is 1080. The molecule has 1 fully saturated rings. The third-order valence-electron chi connectivity index (χ3n) is 5.78. The minimum absolute atomic E-state index is 0.000642. The van der Waals surface area contributed by atoms with Gasteiger partial charge in [0, 0.05) is 43.8 Å². The molecule has 1 aliphatic rings. The van der Waals surface area contributed by atoms with Gasteiger partial charge in [-0.25, -0.2) is 4.98 Å². The number of pyridine rings is 1. The summed E-state index contributed by atoms with van der Waals surface area (Å²) < 4.78 is 0. The number of carbonyl (C=O) groups excluding carboxylic acids is 2. The maximum Gasteiger partial charge on any atom is 0.256 e. The Labute approximate surface area is 205 Å². The lowest BCUT2D eigenvalue weighted by atomic mass is 10.1. The van der Waals surface area contributed by atoms with Crippen molar-refractivity contribution in [3.05, 3.63) is 90.1 Å². The smallest absolute Gasteiger partial charge is 0.256 e. The number of nitrogens with zero attached hydrogens (tertiary/aromatic N) is 3. The van der Waals surface area contributed by atoms with Crippen molar-refractivity contribution in [2.24, 2.45) is 0 Å². The van der Waals surface area contributed by atoms with Crippen LogP contribution in [0.5, 0.6) is 0 Å². The van der Waals surface area contributed by atoms with Crippen molar-refractivity contribution in [2.45, 2.75) is 22.8 Å². The first kappa shape index (κ1) is 24.0. The summed E-state index contributed by atoms with van der Waals surface area (Å²) in [6.45, 7) is 3.74. The number of rotatable bonds is 8. The molecule has 7 heteroatoms. The van der Waals surface area contributed by atoms with Gasteiger partial charge in [0.1, 0.15) is 5.03 Å². The monoisotopic (exact) mass is 474 g/mol. The van der Waals surface area contributed by atoms with Gasteiger partial charge in [-0.3, -0.25) is 14.5 Å². The third kappa shape index (κ3) is 6.92. The van der Waals surface area contributed by atoms with Crippen molar-refractivity contribution >= 4 is 23.6 Å². The summed E-state index contributed by atoms with van der Waals surface area (Å²) in [4.78, 5) is 35.3. The average Bonchev–Trinajstić information content (AvgIpc) is 3.11. The van der Waals surface area contributed by atoms with E-state index >= 15 is 0 Å². The highest BCUT2D eigenvalue weighted by Gasteiger charge is 2.23. The first-order valence-electron chi connectivity index (χ1n) is 11.7. The van der Waals surface area contributed by atoms with Crippen molar-refractivity contribution in [1.29, 1.82) is 0 Å². The Morgan fingerprint density at radius 1 is 0.882 bits per heavy atom. The lowest BCUT2D eigenvalue weighted by Gasteiger charge is -2.22. The molecule has 2 heterocycles. The quantitative estimate of drug-likeness (QED) is 0.539. The highest BCUT2D eigenvalue weighted by atomic mass is 32.2. The molecule has 4 rings (SSSR count). The Morgan fingerprint density at radius 3 is 2.44 bits per heavy atom. The van der Waals surface area contributed by atoms with Gasteiger partial charge in [-0.1, -0.05) is 60.3 Å². The largest absolute Gasteiger partial charge is 0.355 e. The fourth-order valence-corrected chi connectivity index (χ4v) is 4.88. The molecule has 176 valence electrons. The maximum atomic E-state index is 13.3. The van der Waals surface area contributed by atoms with Gasteiger partial charge in [0.15, 0.2) is 0 Å². The zero-order valence-electron chi connectivity index (χ0n) is 19.2. The van der Waals surface area contributed by atoms with Gasteiger partial charge in [0.2, 0.25) is 5.91 Å². The molecule has 3 aromatic rings. The van der Waals surface area contributed by atoms with E-state index in [-0.39, 0.29) is 11.8 Å². The van der Waals surface area contributed by atoms with Gasteiger partial charge in [-0.05, 0) is 42.7 Å². The second-order valence-corrected chi connectivity index (χ2v) is 9.34. The van der Waals surface area contributed by atoms with E-state index in [4.69, 9.17) is 0 Å². The van der Waals surface area contributed by atoms with E-state index in [1.54, 1.807) is 6.20 Å².